The van der Waals surface area contributed by atoms with E-state index in [0.717, 1.165) is 11.8 Å². The molecule has 7 heteroatoms. The number of amidine groups is 1. The maximum absolute atomic E-state index is 8.54. The molecule has 0 fully saturated rings. The molecule has 0 bridgehead atoms. The van der Waals surface area contributed by atoms with Crippen molar-refractivity contribution in [3.05, 3.63) is 0 Å². The van der Waals surface area contributed by atoms with E-state index in [2.05, 4.69) is 0 Å². The molecule has 0 aliphatic carbocycles. The van der Waals surface area contributed by atoms with Gasteiger partial charge in [-0.3, -0.25) is 5.41 Å². The van der Waals surface area contributed by atoms with E-state index in [0.29, 0.717) is 12.2 Å². The van der Waals surface area contributed by atoms with Gasteiger partial charge in [-0.2, -0.15) is 0 Å². The van der Waals surface area contributed by atoms with Gasteiger partial charge in [-0.05, 0) is 6.42 Å². The van der Waals surface area contributed by atoms with Crippen LogP contribution in [0.4, 0.5) is 0 Å². The summed E-state index contributed by atoms with van der Waals surface area (Å²) in [5, 5.41) is 6.80. The molecule has 11 heavy (non-hydrogen) atoms. The molecule has 0 aromatic heterocycles. The van der Waals surface area contributed by atoms with E-state index < -0.39 is 8.80 Å². The second kappa shape index (κ2) is 4.73. The molecule has 5 nitrogen and oxygen atoms in total. The number of nitrogens with two attached hydrogens (primary N) is 1. The molecule has 0 aromatic carbocycles. The number of thioether (sulfide) groups is 1. The number of hydrogen-bond acceptors (Lipinski definition) is 5. The minimum atomic E-state index is -3.85. The second-order valence-electron chi connectivity index (χ2n) is 2.09. The lowest BCUT2D eigenvalue weighted by molar-refractivity contribution is 0.227. The summed E-state index contributed by atoms with van der Waals surface area (Å²) < 4.78 is 0. The van der Waals surface area contributed by atoms with Crippen LogP contribution in [0.5, 0.6) is 0 Å². The van der Waals surface area contributed by atoms with Crippen LogP contribution in [0, 0.1) is 5.41 Å². The fourth-order valence-corrected chi connectivity index (χ4v) is 1.91. The Kier molecular flexibility index (Phi) is 4.69. The molecule has 0 unspecified atom stereocenters. The van der Waals surface area contributed by atoms with Crippen LogP contribution in [-0.4, -0.2) is 34.1 Å². The zero-order chi connectivity index (χ0) is 8.91. The highest BCUT2D eigenvalue weighted by atomic mass is 32.2. The first-order valence-corrected chi connectivity index (χ1v) is 6.09. The van der Waals surface area contributed by atoms with Crippen molar-refractivity contribution < 1.29 is 14.4 Å². The van der Waals surface area contributed by atoms with E-state index in [1.54, 1.807) is 0 Å². The van der Waals surface area contributed by atoms with Crippen LogP contribution >= 0.6 is 11.8 Å². The van der Waals surface area contributed by atoms with Crippen LogP contribution < -0.4 is 5.73 Å². The Labute approximate surface area is 70.1 Å². The van der Waals surface area contributed by atoms with Crippen LogP contribution in [0.15, 0.2) is 0 Å². The van der Waals surface area contributed by atoms with E-state index >= 15 is 0 Å². The molecule has 0 radical (unpaired) electrons. The zero-order valence-corrected chi connectivity index (χ0v) is 7.77. The Hall–Kier alpha value is -0.0831. The molecule has 0 saturated carbocycles. The van der Waals surface area contributed by atoms with E-state index in [9.17, 15) is 0 Å². The largest absolute Gasteiger partial charge is 0.492 e. The van der Waals surface area contributed by atoms with Gasteiger partial charge in [-0.1, -0.05) is 11.8 Å². The first-order chi connectivity index (χ1) is 4.92. The number of rotatable bonds is 4. The maximum Gasteiger partial charge on any atom is 0.492 e. The van der Waals surface area contributed by atoms with Crippen LogP contribution in [0.2, 0.25) is 6.04 Å². The molecule has 66 valence electrons. The number of nitrogens with one attached hydrogen (secondary N) is 1. The second-order valence-corrected chi connectivity index (χ2v) is 5.28. The molecule has 0 spiro atoms. The first kappa shape index (κ1) is 10.9. The molecule has 0 atom stereocenters. The van der Waals surface area contributed by atoms with Crippen LogP contribution in [-0.2, 0) is 0 Å². The van der Waals surface area contributed by atoms with E-state index in [4.69, 9.17) is 25.5 Å². The topological polar surface area (TPSA) is 111 Å². The van der Waals surface area contributed by atoms with E-state index in [-0.39, 0.29) is 11.2 Å². The van der Waals surface area contributed by atoms with Crippen LogP contribution in [0.3, 0.4) is 0 Å². The Balaban J connectivity index is 3.22. The highest BCUT2D eigenvalue weighted by molar-refractivity contribution is 8.13. The quantitative estimate of drug-likeness (QED) is 0.170. The molecular formula is C4H12N2O3SSi. The summed E-state index contributed by atoms with van der Waals surface area (Å²) in [6, 6.07) is 0.00722. The SMILES string of the molecule is N=C(N)SCCC[Si](O)(O)O. The highest BCUT2D eigenvalue weighted by Gasteiger charge is 2.25. The highest BCUT2D eigenvalue weighted by Crippen LogP contribution is 2.07. The standard InChI is InChI=1S/C4H12N2O3SSi/c5-4(6)10-2-1-3-11(7,8)9/h7-9H,1-3H2,(H3,5,6). The zero-order valence-electron chi connectivity index (χ0n) is 5.95. The molecule has 0 saturated heterocycles. The third-order valence-electron chi connectivity index (χ3n) is 0.914. The molecule has 0 amide bonds. The molecule has 0 aromatic rings. The van der Waals surface area contributed by atoms with Crippen molar-refractivity contribution >= 4 is 25.7 Å². The predicted octanol–water partition coefficient (Wildman–Crippen LogP) is -1.08. The van der Waals surface area contributed by atoms with Crippen molar-refractivity contribution in [3.63, 3.8) is 0 Å². The summed E-state index contributed by atoms with van der Waals surface area (Å²) in [5.41, 5.74) is 5.01. The lowest BCUT2D eigenvalue weighted by atomic mass is 10.6. The maximum atomic E-state index is 8.54. The van der Waals surface area contributed by atoms with Gasteiger partial charge < -0.3 is 20.1 Å². The van der Waals surface area contributed by atoms with Gasteiger partial charge in [0.05, 0.1) is 0 Å². The van der Waals surface area contributed by atoms with Gasteiger partial charge in [0.2, 0.25) is 0 Å². The normalized spacial score (nSPS) is 11.5. The van der Waals surface area contributed by atoms with Gasteiger partial charge in [0.25, 0.3) is 0 Å². The lowest BCUT2D eigenvalue weighted by Crippen LogP contribution is -2.34. The number of hydrogen-bond donors (Lipinski definition) is 5. The average molecular weight is 196 g/mol. The molecule has 0 aliphatic rings. The van der Waals surface area contributed by atoms with Gasteiger partial charge in [0, 0.05) is 11.8 Å². The van der Waals surface area contributed by atoms with Gasteiger partial charge in [-0.25, -0.2) is 0 Å². The summed E-state index contributed by atoms with van der Waals surface area (Å²) in [6.45, 7) is 0. The minimum absolute atomic E-state index is 0.00564. The summed E-state index contributed by atoms with van der Waals surface area (Å²) in [6.07, 6.45) is 0.458. The van der Waals surface area contributed by atoms with Gasteiger partial charge >= 0.3 is 8.80 Å². The summed E-state index contributed by atoms with van der Waals surface area (Å²) in [4.78, 5) is 25.6. The van der Waals surface area contributed by atoms with Gasteiger partial charge in [-0.15, -0.1) is 0 Å². The monoisotopic (exact) mass is 196 g/mol. The van der Waals surface area contributed by atoms with Crippen LogP contribution in [0.1, 0.15) is 6.42 Å². The molecule has 0 aliphatic heterocycles. The van der Waals surface area contributed by atoms with Crippen molar-refractivity contribution in [2.75, 3.05) is 5.75 Å². The van der Waals surface area contributed by atoms with E-state index in [1.165, 1.54) is 0 Å². The van der Waals surface area contributed by atoms with E-state index in [1.807, 2.05) is 0 Å². The van der Waals surface area contributed by atoms with Gasteiger partial charge in [0.15, 0.2) is 5.17 Å². The first-order valence-electron chi connectivity index (χ1n) is 3.06. The fourth-order valence-electron chi connectivity index (χ4n) is 0.491. The Morgan fingerprint density at radius 3 is 2.36 bits per heavy atom. The Bertz CT molecular complexity index is 138. The summed E-state index contributed by atoms with van der Waals surface area (Å²) in [5.74, 6) is 0.533. The van der Waals surface area contributed by atoms with Crippen molar-refractivity contribution in [2.45, 2.75) is 12.5 Å². The molecule has 6 N–H and O–H groups in total. The summed E-state index contributed by atoms with van der Waals surface area (Å²) >= 11 is 1.12. The smallest absolute Gasteiger partial charge is 0.390 e. The molecule has 0 rings (SSSR count). The third-order valence-corrected chi connectivity index (χ3v) is 2.74. The predicted molar refractivity (Wildman–Crippen MR) is 46.2 cm³/mol. The van der Waals surface area contributed by atoms with Crippen LogP contribution in [0.25, 0.3) is 0 Å². The van der Waals surface area contributed by atoms with Crippen molar-refractivity contribution in [2.24, 2.45) is 5.73 Å². The average Bonchev–Trinajstić information content (AvgIpc) is 1.78. The third kappa shape index (κ3) is 9.92. The van der Waals surface area contributed by atoms with Gasteiger partial charge in [0.1, 0.15) is 0 Å². The summed E-state index contributed by atoms with van der Waals surface area (Å²) in [7, 11) is -3.85. The minimum Gasteiger partial charge on any atom is -0.390 e. The Morgan fingerprint density at radius 2 is 2.00 bits per heavy atom. The van der Waals surface area contributed by atoms with Crippen molar-refractivity contribution in [1.82, 2.24) is 0 Å². The lowest BCUT2D eigenvalue weighted by Gasteiger charge is -2.07. The van der Waals surface area contributed by atoms with Crippen molar-refractivity contribution in [3.8, 4) is 0 Å². The molecular weight excluding hydrogens is 184 g/mol. The Morgan fingerprint density at radius 1 is 1.45 bits per heavy atom. The molecule has 0 heterocycles. The van der Waals surface area contributed by atoms with Crippen molar-refractivity contribution in [1.29, 1.82) is 5.41 Å². The fraction of sp³-hybridized carbons (Fsp3) is 0.750.